The highest BCUT2D eigenvalue weighted by Gasteiger charge is 2.26. The van der Waals surface area contributed by atoms with Crippen LogP contribution in [0.4, 0.5) is 11.4 Å². The summed E-state index contributed by atoms with van der Waals surface area (Å²) in [6.45, 7) is 6.64. The van der Waals surface area contributed by atoms with Crippen molar-refractivity contribution in [1.29, 1.82) is 0 Å². The van der Waals surface area contributed by atoms with E-state index in [1.54, 1.807) is 6.07 Å². The fourth-order valence-electron chi connectivity index (χ4n) is 2.38. The van der Waals surface area contributed by atoms with Gasteiger partial charge in [0.2, 0.25) is 0 Å². The van der Waals surface area contributed by atoms with Crippen molar-refractivity contribution in [2.75, 3.05) is 23.7 Å². The molecule has 1 heterocycles. The number of hydrogen-bond acceptors (Lipinski definition) is 2. The molecule has 94 valence electrons. The molecular weight excluding hydrogens is 255 g/mol. The summed E-state index contributed by atoms with van der Waals surface area (Å²) in [5, 5.41) is 1.09. The van der Waals surface area contributed by atoms with E-state index in [0.717, 1.165) is 24.7 Å². The van der Waals surface area contributed by atoms with Crippen LogP contribution >= 0.6 is 23.2 Å². The molecule has 0 aliphatic carbocycles. The van der Waals surface area contributed by atoms with Gasteiger partial charge in [-0.3, -0.25) is 0 Å². The molecule has 0 radical (unpaired) electrons. The first-order valence-electron chi connectivity index (χ1n) is 5.98. The van der Waals surface area contributed by atoms with Crippen LogP contribution in [0.2, 0.25) is 10.0 Å². The maximum Gasteiger partial charge on any atom is 0.0616 e. The number of nitrogens with two attached hydrogens (primary N) is 1. The van der Waals surface area contributed by atoms with E-state index < -0.39 is 0 Å². The smallest absolute Gasteiger partial charge is 0.0616 e. The Bertz CT molecular complexity index is 418. The van der Waals surface area contributed by atoms with Crippen molar-refractivity contribution in [2.24, 2.45) is 11.8 Å². The first kappa shape index (κ1) is 12.8. The van der Waals surface area contributed by atoms with Gasteiger partial charge in [0.25, 0.3) is 0 Å². The number of nitrogen functional groups attached to an aromatic ring is 1. The van der Waals surface area contributed by atoms with Gasteiger partial charge in [0, 0.05) is 13.1 Å². The Kier molecular flexibility index (Phi) is 3.74. The molecule has 2 N–H and O–H groups in total. The second-order valence-electron chi connectivity index (χ2n) is 5.06. The predicted molar refractivity (Wildman–Crippen MR) is 76.0 cm³/mol. The van der Waals surface area contributed by atoms with Crippen molar-refractivity contribution in [3.8, 4) is 0 Å². The lowest BCUT2D eigenvalue weighted by Gasteiger charge is -2.22. The van der Waals surface area contributed by atoms with E-state index in [0.29, 0.717) is 21.7 Å². The van der Waals surface area contributed by atoms with Crippen LogP contribution in [-0.2, 0) is 0 Å². The lowest BCUT2D eigenvalue weighted by molar-refractivity contribution is 0.423. The van der Waals surface area contributed by atoms with Crippen molar-refractivity contribution >= 4 is 34.6 Å². The second kappa shape index (κ2) is 4.95. The minimum absolute atomic E-state index is 0.521. The van der Waals surface area contributed by atoms with Gasteiger partial charge in [0.15, 0.2) is 0 Å². The number of rotatable bonds is 2. The first-order chi connectivity index (χ1) is 7.99. The zero-order valence-corrected chi connectivity index (χ0v) is 11.7. The molecule has 1 unspecified atom stereocenters. The molecule has 1 aromatic rings. The summed E-state index contributed by atoms with van der Waals surface area (Å²) in [5.74, 6) is 1.45. The van der Waals surface area contributed by atoms with Gasteiger partial charge in [-0.1, -0.05) is 37.0 Å². The molecule has 0 bridgehead atoms. The molecule has 0 spiro atoms. The molecule has 4 heteroatoms. The fourth-order valence-corrected chi connectivity index (χ4v) is 2.71. The molecule has 0 amide bonds. The highest BCUT2D eigenvalue weighted by atomic mass is 35.5. The zero-order chi connectivity index (χ0) is 12.6. The Labute approximate surface area is 113 Å². The lowest BCUT2D eigenvalue weighted by atomic mass is 9.95. The molecule has 1 aliphatic rings. The van der Waals surface area contributed by atoms with E-state index in [4.69, 9.17) is 28.9 Å². The Morgan fingerprint density at radius 3 is 2.53 bits per heavy atom. The van der Waals surface area contributed by atoms with E-state index >= 15 is 0 Å². The SMILES string of the molecule is CC(C)C1CCN(c2cc(Cl)c(Cl)cc2N)C1. The van der Waals surface area contributed by atoms with Gasteiger partial charge in [-0.05, 0) is 30.4 Å². The van der Waals surface area contributed by atoms with E-state index in [-0.39, 0.29) is 0 Å². The molecule has 0 saturated carbocycles. The molecular formula is C13H18Cl2N2. The van der Waals surface area contributed by atoms with Crippen LogP contribution in [0.25, 0.3) is 0 Å². The molecule has 1 saturated heterocycles. The molecule has 17 heavy (non-hydrogen) atoms. The molecule has 2 nitrogen and oxygen atoms in total. The largest absolute Gasteiger partial charge is 0.397 e. The second-order valence-corrected chi connectivity index (χ2v) is 5.88. The van der Waals surface area contributed by atoms with Crippen molar-refractivity contribution < 1.29 is 0 Å². The highest BCUT2D eigenvalue weighted by Crippen LogP contribution is 2.36. The van der Waals surface area contributed by atoms with Crippen LogP contribution in [0.3, 0.4) is 0 Å². The van der Waals surface area contributed by atoms with Gasteiger partial charge in [0.05, 0.1) is 21.4 Å². The number of benzene rings is 1. The summed E-state index contributed by atoms with van der Waals surface area (Å²) in [7, 11) is 0. The molecule has 1 atom stereocenters. The van der Waals surface area contributed by atoms with Crippen molar-refractivity contribution in [3.63, 3.8) is 0 Å². The average molecular weight is 273 g/mol. The molecule has 1 aromatic carbocycles. The Morgan fingerprint density at radius 2 is 1.94 bits per heavy atom. The van der Waals surface area contributed by atoms with E-state index in [1.165, 1.54) is 6.42 Å². The number of hydrogen-bond donors (Lipinski definition) is 1. The topological polar surface area (TPSA) is 29.3 Å². The van der Waals surface area contributed by atoms with Crippen molar-refractivity contribution in [1.82, 2.24) is 0 Å². The van der Waals surface area contributed by atoms with Crippen LogP contribution < -0.4 is 10.6 Å². The summed E-state index contributed by atoms with van der Waals surface area (Å²) >= 11 is 12.0. The third-order valence-corrected chi connectivity index (χ3v) is 4.30. The summed E-state index contributed by atoms with van der Waals surface area (Å²) in [6, 6.07) is 3.61. The molecule has 1 aliphatic heterocycles. The zero-order valence-electron chi connectivity index (χ0n) is 10.2. The summed E-state index contributed by atoms with van der Waals surface area (Å²) in [4.78, 5) is 2.31. The van der Waals surface area contributed by atoms with Crippen LogP contribution in [-0.4, -0.2) is 13.1 Å². The highest BCUT2D eigenvalue weighted by molar-refractivity contribution is 6.42. The van der Waals surface area contributed by atoms with Crippen LogP contribution in [0.15, 0.2) is 12.1 Å². The standard InChI is InChI=1S/C13H18Cl2N2/c1-8(2)9-3-4-17(7-9)13-6-11(15)10(14)5-12(13)16/h5-6,8-9H,3-4,7,16H2,1-2H3. The molecule has 1 fully saturated rings. The Morgan fingerprint density at radius 1 is 1.29 bits per heavy atom. The maximum absolute atomic E-state index is 6.05. The van der Waals surface area contributed by atoms with Gasteiger partial charge in [-0.25, -0.2) is 0 Å². The van der Waals surface area contributed by atoms with E-state index in [2.05, 4.69) is 18.7 Å². The summed E-state index contributed by atoms with van der Waals surface area (Å²) in [5.41, 5.74) is 7.73. The minimum Gasteiger partial charge on any atom is -0.397 e. The molecule has 2 rings (SSSR count). The predicted octanol–water partition coefficient (Wildman–Crippen LogP) is 4.06. The van der Waals surface area contributed by atoms with Gasteiger partial charge in [-0.2, -0.15) is 0 Å². The summed E-state index contributed by atoms with van der Waals surface area (Å²) < 4.78 is 0. The van der Waals surface area contributed by atoms with Crippen LogP contribution in [0.1, 0.15) is 20.3 Å². The van der Waals surface area contributed by atoms with Crippen LogP contribution in [0, 0.1) is 11.8 Å². The van der Waals surface area contributed by atoms with Gasteiger partial charge in [0.1, 0.15) is 0 Å². The van der Waals surface area contributed by atoms with E-state index in [1.807, 2.05) is 6.07 Å². The third-order valence-electron chi connectivity index (χ3n) is 3.58. The minimum atomic E-state index is 0.521. The van der Waals surface area contributed by atoms with E-state index in [9.17, 15) is 0 Å². The van der Waals surface area contributed by atoms with Crippen molar-refractivity contribution in [3.05, 3.63) is 22.2 Å². The van der Waals surface area contributed by atoms with Gasteiger partial charge >= 0.3 is 0 Å². The lowest BCUT2D eigenvalue weighted by Crippen LogP contribution is -2.22. The monoisotopic (exact) mass is 272 g/mol. The Balaban J connectivity index is 2.22. The first-order valence-corrected chi connectivity index (χ1v) is 6.74. The van der Waals surface area contributed by atoms with Crippen LogP contribution in [0.5, 0.6) is 0 Å². The number of halogens is 2. The van der Waals surface area contributed by atoms with Gasteiger partial charge < -0.3 is 10.6 Å². The Hall–Kier alpha value is -0.600. The number of anilines is 2. The quantitative estimate of drug-likeness (QED) is 0.823. The summed E-state index contributed by atoms with van der Waals surface area (Å²) in [6.07, 6.45) is 1.22. The maximum atomic E-state index is 6.05. The fraction of sp³-hybridized carbons (Fsp3) is 0.538. The molecule has 0 aromatic heterocycles. The number of nitrogens with zero attached hydrogens (tertiary/aromatic N) is 1. The normalized spacial score (nSPS) is 20.3. The average Bonchev–Trinajstić information content (AvgIpc) is 2.72. The van der Waals surface area contributed by atoms with Crippen molar-refractivity contribution in [2.45, 2.75) is 20.3 Å². The van der Waals surface area contributed by atoms with Gasteiger partial charge in [-0.15, -0.1) is 0 Å². The third kappa shape index (κ3) is 2.63.